The van der Waals surface area contributed by atoms with E-state index in [2.05, 4.69) is 0 Å². The average molecular weight is 413 g/mol. The summed E-state index contributed by atoms with van der Waals surface area (Å²) in [5, 5.41) is 0. The highest BCUT2D eigenvalue weighted by molar-refractivity contribution is 8.02. The minimum absolute atomic E-state index is 0.0183. The number of benzene rings is 2. The van der Waals surface area contributed by atoms with Crippen LogP contribution in [-0.4, -0.2) is 54.6 Å². The molecule has 0 unspecified atom stereocenters. The summed E-state index contributed by atoms with van der Waals surface area (Å²) in [4.78, 5) is 29.1. The highest BCUT2D eigenvalue weighted by Crippen LogP contribution is 2.47. The van der Waals surface area contributed by atoms with Gasteiger partial charge in [0.2, 0.25) is 5.91 Å². The molecule has 4 rings (SSSR count). The van der Waals surface area contributed by atoms with Crippen LogP contribution in [0.3, 0.4) is 0 Å². The molecule has 0 aromatic heterocycles. The second-order valence-corrected chi connectivity index (χ2v) is 8.52. The minimum Gasteiger partial charge on any atom is -0.497 e. The third-order valence-electron chi connectivity index (χ3n) is 5.60. The molecule has 1 spiro atoms. The number of nitrogens with zero attached hydrogens (tertiary/aromatic N) is 2. The van der Waals surface area contributed by atoms with E-state index in [0.717, 1.165) is 30.0 Å². The number of rotatable bonds is 4. The molecule has 2 aliphatic rings. The number of ether oxygens (including phenoxy) is 2. The van der Waals surface area contributed by atoms with Crippen molar-refractivity contribution in [2.45, 2.75) is 17.7 Å². The van der Waals surface area contributed by atoms with E-state index in [1.807, 2.05) is 34.1 Å². The zero-order valence-corrected chi connectivity index (χ0v) is 17.4. The van der Waals surface area contributed by atoms with E-state index in [9.17, 15) is 9.59 Å². The fourth-order valence-electron chi connectivity index (χ4n) is 4.02. The maximum atomic E-state index is 12.9. The molecule has 6 nitrogen and oxygen atoms in total. The first-order valence-corrected chi connectivity index (χ1v) is 10.6. The standard InChI is InChI=1S/C22H24N2O4S/c1-27-18-8-6-16(7-9-18)21(26)23-12-10-22(11-13-23)24(20(25)15-29-22)17-4-3-5-19(14-17)28-2/h3-9,14H,10-13,15H2,1-2H3. The monoisotopic (exact) mass is 412 g/mol. The molecule has 2 amide bonds. The van der Waals surface area contributed by atoms with E-state index in [-0.39, 0.29) is 16.7 Å². The first-order chi connectivity index (χ1) is 14.1. The molecule has 0 radical (unpaired) electrons. The zero-order chi connectivity index (χ0) is 20.4. The summed E-state index contributed by atoms with van der Waals surface area (Å²) in [5.41, 5.74) is 1.51. The number of thioether (sulfide) groups is 1. The van der Waals surface area contributed by atoms with Crippen LogP contribution in [0.15, 0.2) is 48.5 Å². The van der Waals surface area contributed by atoms with Crippen LogP contribution in [0.2, 0.25) is 0 Å². The highest BCUT2D eigenvalue weighted by atomic mass is 32.2. The molecular formula is C22H24N2O4S. The maximum absolute atomic E-state index is 12.9. The lowest BCUT2D eigenvalue weighted by Crippen LogP contribution is -2.53. The molecule has 0 saturated carbocycles. The van der Waals surface area contributed by atoms with Gasteiger partial charge in [0.1, 0.15) is 11.5 Å². The molecular weight excluding hydrogens is 388 g/mol. The number of carbonyl (C=O) groups excluding carboxylic acids is 2. The predicted molar refractivity (Wildman–Crippen MR) is 114 cm³/mol. The lowest BCUT2D eigenvalue weighted by molar-refractivity contribution is -0.116. The van der Waals surface area contributed by atoms with Crippen molar-refractivity contribution < 1.29 is 19.1 Å². The van der Waals surface area contributed by atoms with Crippen LogP contribution >= 0.6 is 11.8 Å². The van der Waals surface area contributed by atoms with Crippen LogP contribution in [0.1, 0.15) is 23.2 Å². The van der Waals surface area contributed by atoms with E-state index < -0.39 is 0 Å². The van der Waals surface area contributed by atoms with Gasteiger partial charge in [-0.15, -0.1) is 11.8 Å². The summed E-state index contributed by atoms with van der Waals surface area (Å²) >= 11 is 1.69. The van der Waals surface area contributed by atoms with Crippen LogP contribution in [0, 0.1) is 0 Å². The van der Waals surface area contributed by atoms with Crippen molar-refractivity contribution in [2.75, 3.05) is 38.0 Å². The van der Waals surface area contributed by atoms with Crippen LogP contribution in [0.5, 0.6) is 11.5 Å². The summed E-state index contributed by atoms with van der Waals surface area (Å²) in [7, 11) is 3.23. The molecule has 2 heterocycles. The molecule has 2 aromatic rings. The Kier molecular flexibility index (Phi) is 5.41. The Hall–Kier alpha value is -2.67. The number of hydrogen-bond donors (Lipinski definition) is 0. The van der Waals surface area contributed by atoms with Gasteiger partial charge in [-0.2, -0.15) is 0 Å². The third kappa shape index (κ3) is 3.67. The predicted octanol–water partition coefficient (Wildman–Crippen LogP) is 3.42. The van der Waals surface area contributed by atoms with Crippen molar-refractivity contribution in [3.8, 4) is 11.5 Å². The Morgan fingerprint density at radius 1 is 1.00 bits per heavy atom. The Balaban J connectivity index is 1.50. The van der Waals surface area contributed by atoms with E-state index in [1.165, 1.54) is 0 Å². The first-order valence-electron chi connectivity index (χ1n) is 9.61. The fraction of sp³-hybridized carbons (Fsp3) is 0.364. The number of methoxy groups -OCH3 is 2. The summed E-state index contributed by atoms with van der Waals surface area (Å²) in [6.07, 6.45) is 1.48. The second kappa shape index (κ2) is 7.99. The van der Waals surface area contributed by atoms with Crippen molar-refractivity contribution in [2.24, 2.45) is 0 Å². The smallest absolute Gasteiger partial charge is 0.253 e. The van der Waals surface area contributed by atoms with Gasteiger partial charge in [0.25, 0.3) is 5.91 Å². The van der Waals surface area contributed by atoms with Crippen molar-refractivity contribution in [1.29, 1.82) is 0 Å². The lowest BCUT2D eigenvalue weighted by Gasteiger charge is -2.44. The van der Waals surface area contributed by atoms with Gasteiger partial charge in [-0.3, -0.25) is 14.5 Å². The van der Waals surface area contributed by atoms with Crippen LogP contribution in [0.25, 0.3) is 0 Å². The third-order valence-corrected chi connectivity index (χ3v) is 7.12. The number of likely N-dealkylation sites (tertiary alicyclic amines) is 1. The molecule has 29 heavy (non-hydrogen) atoms. The topological polar surface area (TPSA) is 59.1 Å². The van der Waals surface area contributed by atoms with Gasteiger partial charge in [-0.1, -0.05) is 6.07 Å². The number of amides is 2. The quantitative estimate of drug-likeness (QED) is 0.770. The minimum atomic E-state index is -0.305. The van der Waals surface area contributed by atoms with E-state index in [4.69, 9.17) is 9.47 Å². The Morgan fingerprint density at radius 2 is 1.69 bits per heavy atom. The molecule has 2 saturated heterocycles. The van der Waals surface area contributed by atoms with E-state index in [0.29, 0.717) is 24.4 Å². The van der Waals surface area contributed by atoms with Gasteiger partial charge in [-0.25, -0.2) is 0 Å². The normalized spacial score (nSPS) is 18.2. The number of carbonyl (C=O) groups is 2. The van der Waals surface area contributed by atoms with Crippen molar-refractivity contribution in [3.05, 3.63) is 54.1 Å². The largest absolute Gasteiger partial charge is 0.497 e. The zero-order valence-electron chi connectivity index (χ0n) is 16.6. The molecule has 0 aliphatic carbocycles. The van der Waals surface area contributed by atoms with Gasteiger partial charge in [0.15, 0.2) is 0 Å². The van der Waals surface area contributed by atoms with Gasteiger partial charge in [0.05, 0.1) is 24.8 Å². The molecule has 0 atom stereocenters. The van der Waals surface area contributed by atoms with E-state index >= 15 is 0 Å². The number of anilines is 1. The fourth-order valence-corrected chi connectivity index (χ4v) is 5.35. The van der Waals surface area contributed by atoms with Gasteiger partial charge < -0.3 is 14.4 Å². The molecule has 0 N–H and O–H groups in total. The summed E-state index contributed by atoms with van der Waals surface area (Å²) in [6.45, 7) is 1.23. The summed E-state index contributed by atoms with van der Waals surface area (Å²) < 4.78 is 10.5. The maximum Gasteiger partial charge on any atom is 0.253 e. The molecule has 2 fully saturated rings. The summed E-state index contributed by atoms with van der Waals surface area (Å²) in [5.74, 6) is 2.05. The van der Waals surface area contributed by atoms with Gasteiger partial charge >= 0.3 is 0 Å². The Bertz CT molecular complexity index is 907. The molecule has 2 aliphatic heterocycles. The van der Waals surface area contributed by atoms with Crippen LogP contribution in [0.4, 0.5) is 5.69 Å². The molecule has 152 valence electrons. The van der Waals surface area contributed by atoms with Crippen molar-refractivity contribution >= 4 is 29.3 Å². The highest BCUT2D eigenvalue weighted by Gasteiger charge is 2.49. The number of piperidine rings is 1. The van der Waals surface area contributed by atoms with Gasteiger partial charge in [-0.05, 0) is 49.2 Å². The second-order valence-electron chi connectivity index (χ2n) is 7.19. The van der Waals surface area contributed by atoms with Crippen LogP contribution in [-0.2, 0) is 4.79 Å². The first kappa shape index (κ1) is 19.6. The molecule has 0 bridgehead atoms. The van der Waals surface area contributed by atoms with Crippen molar-refractivity contribution in [3.63, 3.8) is 0 Å². The SMILES string of the molecule is COc1ccc(C(=O)N2CCC3(CC2)SCC(=O)N3c2cccc(OC)c2)cc1. The lowest BCUT2D eigenvalue weighted by atomic mass is 10.00. The van der Waals surface area contributed by atoms with Crippen LogP contribution < -0.4 is 14.4 Å². The Morgan fingerprint density at radius 3 is 2.34 bits per heavy atom. The van der Waals surface area contributed by atoms with Gasteiger partial charge in [0, 0.05) is 30.4 Å². The molecule has 2 aromatic carbocycles. The summed E-state index contributed by atoms with van der Waals surface area (Å²) in [6, 6.07) is 14.8. The average Bonchev–Trinajstić information content (AvgIpc) is 3.09. The van der Waals surface area contributed by atoms with Crippen molar-refractivity contribution in [1.82, 2.24) is 4.90 Å². The van der Waals surface area contributed by atoms with E-state index in [1.54, 1.807) is 50.2 Å². The Labute approximate surface area is 174 Å². The molecule has 7 heteroatoms. The number of hydrogen-bond acceptors (Lipinski definition) is 5.